The van der Waals surface area contributed by atoms with E-state index < -0.39 is 0 Å². The number of pyridine rings is 1. The lowest BCUT2D eigenvalue weighted by Crippen LogP contribution is -2.52. The molecule has 0 radical (unpaired) electrons. The minimum atomic E-state index is -0.284. The van der Waals surface area contributed by atoms with Crippen LogP contribution in [0.2, 0.25) is 0 Å². The van der Waals surface area contributed by atoms with E-state index in [1.165, 1.54) is 0 Å². The molecular formula is C17H27N3O3. The second-order valence-electron chi connectivity index (χ2n) is 6.48. The smallest absolute Gasteiger partial charge is 0.263 e. The molecule has 0 spiro atoms. The lowest BCUT2D eigenvalue weighted by Gasteiger charge is -2.38. The van der Waals surface area contributed by atoms with E-state index in [4.69, 9.17) is 4.74 Å². The minimum Gasteiger partial charge on any atom is -0.379 e. The predicted octanol–water partition coefficient (Wildman–Crippen LogP) is 0.955. The molecular weight excluding hydrogens is 294 g/mol. The number of hydrogen-bond donors (Lipinski definition) is 1. The van der Waals surface area contributed by atoms with E-state index in [0.29, 0.717) is 25.1 Å². The van der Waals surface area contributed by atoms with Gasteiger partial charge in [0.05, 0.1) is 6.10 Å². The number of aromatic nitrogens is 1. The van der Waals surface area contributed by atoms with E-state index in [9.17, 15) is 9.59 Å². The molecule has 6 nitrogen and oxygen atoms in total. The number of hydrogen-bond acceptors (Lipinski definition) is 4. The fraction of sp³-hybridized carbons (Fsp3) is 0.647. The topological polar surface area (TPSA) is 63.6 Å². The highest BCUT2D eigenvalue weighted by molar-refractivity contribution is 5.93. The Bertz CT molecular complexity index is 577. The molecule has 1 saturated heterocycles. The van der Waals surface area contributed by atoms with Crippen LogP contribution in [-0.2, 0) is 11.3 Å². The Hall–Kier alpha value is -1.66. The maximum Gasteiger partial charge on any atom is 0.263 e. The van der Waals surface area contributed by atoms with Crippen LogP contribution in [0.1, 0.15) is 30.6 Å². The number of carbonyl (C=O) groups is 1. The monoisotopic (exact) mass is 321 g/mol. The second-order valence-corrected chi connectivity index (χ2v) is 6.48. The predicted molar refractivity (Wildman–Crippen MR) is 89.7 cm³/mol. The molecule has 1 N–H and O–H groups in total. The molecule has 23 heavy (non-hydrogen) atoms. The van der Waals surface area contributed by atoms with Gasteiger partial charge >= 0.3 is 0 Å². The lowest BCUT2D eigenvalue weighted by atomic mass is 10.1. The summed E-state index contributed by atoms with van der Waals surface area (Å²) in [6, 6.07) is 3.35. The van der Waals surface area contributed by atoms with Gasteiger partial charge in [-0.15, -0.1) is 0 Å². The molecule has 0 unspecified atom stereocenters. The van der Waals surface area contributed by atoms with Crippen LogP contribution in [0.3, 0.4) is 0 Å². The number of methoxy groups -OCH3 is 1. The highest BCUT2D eigenvalue weighted by Gasteiger charge is 2.25. The van der Waals surface area contributed by atoms with Gasteiger partial charge in [-0.25, -0.2) is 0 Å². The first-order chi connectivity index (χ1) is 11.0. The molecule has 1 aliphatic rings. The van der Waals surface area contributed by atoms with Crippen LogP contribution in [-0.4, -0.2) is 54.8 Å². The Kier molecular flexibility index (Phi) is 6.36. The van der Waals surface area contributed by atoms with Crippen LogP contribution in [0.4, 0.5) is 0 Å². The van der Waals surface area contributed by atoms with Crippen LogP contribution >= 0.6 is 0 Å². The molecule has 2 heterocycles. The molecule has 0 bridgehead atoms. The first-order valence-electron chi connectivity index (χ1n) is 8.24. The normalized spacial score (nSPS) is 15.7. The summed E-state index contributed by atoms with van der Waals surface area (Å²) in [4.78, 5) is 26.8. The van der Waals surface area contributed by atoms with Crippen molar-refractivity contribution in [2.24, 2.45) is 5.92 Å². The van der Waals surface area contributed by atoms with Crippen LogP contribution < -0.4 is 10.9 Å². The van der Waals surface area contributed by atoms with E-state index in [2.05, 4.69) is 24.1 Å². The van der Waals surface area contributed by atoms with Gasteiger partial charge in [-0.1, -0.05) is 13.8 Å². The molecule has 1 fully saturated rings. The van der Waals surface area contributed by atoms with E-state index in [0.717, 1.165) is 26.1 Å². The van der Waals surface area contributed by atoms with Crippen LogP contribution in [0.25, 0.3) is 0 Å². The zero-order chi connectivity index (χ0) is 16.8. The number of amides is 1. The standard InChI is InChI=1S/C17H27N3O3/c1-13(2)6-7-18-16(21)15-5-4-8-20(17(15)22)10-9-19-11-14(12-19)23-3/h4-5,8,13-14H,6-7,9-12H2,1-3H3,(H,18,21). The van der Waals surface area contributed by atoms with Crippen molar-refractivity contribution in [3.63, 3.8) is 0 Å². The Balaban J connectivity index is 1.90. The van der Waals surface area contributed by atoms with Crippen molar-refractivity contribution in [2.45, 2.75) is 32.9 Å². The van der Waals surface area contributed by atoms with Gasteiger partial charge in [-0.2, -0.15) is 0 Å². The SMILES string of the molecule is COC1CN(CCn2cccc(C(=O)NCCC(C)C)c2=O)C1. The summed E-state index contributed by atoms with van der Waals surface area (Å²) in [7, 11) is 1.72. The van der Waals surface area contributed by atoms with Gasteiger partial charge in [0, 0.05) is 46.0 Å². The lowest BCUT2D eigenvalue weighted by molar-refractivity contribution is -0.0304. The van der Waals surface area contributed by atoms with Gasteiger partial charge in [0.15, 0.2) is 0 Å². The summed E-state index contributed by atoms with van der Waals surface area (Å²) in [6.07, 6.45) is 2.95. The first kappa shape index (κ1) is 17.7. The summed E-state index contributed by atoms with van der Waals surface area (Å²) in [6.45, 7) is 7.98. The van der Waals surface area contributed by atoms with Crippen LogP contribution in [0.5, 0.6) is 0 Å². The van der Waals surface area contributed by atoms with Gasteiger partial charge in [0.25, 0.3) is 11.5 Å². The number of nitrogens with zero attached hydrogens (tertiary/aromatic N) is 2. The molecule has 0 aromatic carbocycles. The van der Waals surface area contributed by atoms with E-state index in [1.807, 2.05) is 0 Å². The molecule has 1 amide bonds. The summed E-state index contributed by atoms with van der Waals surface area (Å²) >= 11 is 0. The van der Waals surface area contributed by atoms with Gasteiger partial charge in [0.2, 0.25) is 0 Å². The Morgan fingerprint density at radius 3 is 2.78 bits per heavy atom. The molecule has 128 valence electrons. The maximum atomic E-state index is 12.4. The number of nitrogens with one attached hydrogen (secondary N) is 1. The molecule has 0 atom stereocenters. The maximum absolute atomic E-state index is 12.4. The quantitative estimate of drug-likeness (QED) is 0.774. The van der Waals surface area contributed by atoms with Crippen molar-refractivity contribution in [1.29, 1.82) is 0 Å². The summed E-state index contributed by atoms with van der Waals surface area (Å²) in [5.74, 6) is 0.239. The van der Waals surface area contributed by atoms with Gasteiger partial charge in [-0.3, -0.25) is 14.5 Å². The van der Waals surface area contributed by atoms with Crippen molar-refractivity contribution >= 4 is 5.91 Å². The molecule has 0 aliphatic carbocycles. The first-order valence-corrected chi connectivity index (χ1v) is 8.24. The second kappa shape index (κ2) is 8.26. The van der Waals surface area contributed by atoms with Gasteiger partial charge < -0.3 is 14.6 Å². The molecule has 1 aromatic heterocycles. The highest BCUT2D eigenvalue weighted by atomic mass is 16.5. The Morgan fingerprint density at radius 2 is 2.13 bits per heavy atom. The third kappa shape index (κ3) is 4.91. The average Bonchev–Trinajstić information content (AvgIpc) is 2.46. The third-order valence-electron chi connectivity index (χ3n) is 4.19. The largest absolute Gasteiger partial charge is 0.379 e. The van der Waals surface area contributed by atoms with Crippen molar-refractivity contribution in [3.8, 4) is 0 Å². The molecule has 2 rings (SSSR count). The zero-order valence-electron chi connectivity index (χ0n) is 14.2. The third-order valence-corrected chi connectivity index (χ3v) is 4.19. The number of rotatable bonds is 8. The Labute approximate surface area is 137 Å². The average molecular weight is 321 g/mol. The zero-order valence-corrected chi connectivity index (χ0v) is 14.2. The molecule has 0 saturated carbocycles. The van der Waals surface area contributed by atoms with Gasteiger partial charge in [0.1, 0.15) is 5.56 Å². The van der Waals surface area contributed by atoms with E-state index in [-0.39, 0.29) is 17.0 Å². The van der Waals surface area contributed by atoms with Crippen LogP contribution in [0.15, 0.2) is 23.1 Å². The van der Waals surface area contributed by atoms with Gasteiger partial charge in [-0.05, 0) is 24.5 Å². The number of carbonyl (C=O) groups excluding carboxylic acids is 1. The van der Waals surface area contributed by atoms with E-state index in [1.54, 1.807) is 30.0 Å². The van der Waals surface area contributed by atoms with Crippen molar-refractivity contribution in [2.75, 3.05) is 33.3 Å². The summed E-state index contributed by atoms with van der Waals surface area (Å²) < 4.78 is 6.84. The summed E-state index contributed by atoms with van der Waals surface area (Å²) in [5, 5.41) is 2.82. The highest BCUT2D eigenvalue weighted by Crippen LogP contribution is 2.09. The number of ether oxygens (including phenoxy) is 1. The van der Waals surface area contributed by atoms with E-state index >= 15 is 0 Å². The molecule has 6 heteroatoms. The summed E-state index contributed by atoms with van der Waals surface area (Å²) in [5.41, 5.74) is -0.00649. The Morgan fingerprint density at radius 1 is 1.39 bits per heavy atom. The van der Waals surface area contributed by atoms with Crippen molar-refractivity contribution in [3.05, 3.63) is 34.2 Å². The molecule has 1 aromatic rings. The fourth-order valence-corrected chi connectivity index (χ4v) is 2.56. The van der Waals surface area contributed by atoms with Crippen LogP contribution in [0, 0.1) is 5.92 Å². The molecule has 1 aliphatic heterocycles. The fourth-order valence-electron chi connectivity index (χ4n) is 2.56. The minimum absolute atomic E-state index is 0.217. The van der Waals surface area contributed by atoms with Crippen molar-refractivity contribution in [1.82, 2.24) is 14.8 Å². The van der Waals surface area contributed by atoms with Crippen molar-refractivity contribution < 1.29 is 9.53 Å². The number of likely N-dealkylation sites (tertiary alicyclic amines) is 1.